The number of carbonyl (C=O) groups is 1. The van der Waals surface area contributed by atoms with Crippen LogP contribution in [0, 0.1) is 0 Å². The summed E-state index contributed by atoms with van der Waals surface area (Å²) in [6.45, 7) is 1.29. The fourth-order valence-electron chi connectivity index (χ4n) is 2.67. The summed E-state index contributed by atoms with van der Waals surface area (Å²) in [6, 6.07) is 5.35. The van der Waals surface area contributed by atoms with E-state index in [0.29, 0.717) is 30.2 Å². The Hall–Kier alpha value is -1.46. The first-order valence-corrected chi connectivity index (χ1v) is 8.07. The zero-order valence-electron chi connectivity index (χ0n) is 13.7. The highest BCUT2D eigenvalue weighted by Gasteiger charge is 2.19. The van der Waals surface area contributed by atoms with Crippen LogP contribution in [0.1, 0.15) is 48.9 Å². The van der Waals surface area contributed by atoms with Crippen molar-refractivity contribution in [1.82, 2.24) is 5.32 Å². The summed E-state index contributed by atoms with van der Waals surface area (Å²) in [5.41, 5.74) is 6.02. The fourth-order valence-corrected chi connectivity index (χ4v) is 2.67. The van der Waals surface area contributed by atoms with E-state index in [0.717, 1.165) is 25.7 Å². The number of unbranched alkanes of at least 4 members (excludes halogenated alkanes) is 1. The number of carbonyl (C=O) groups excluding carboxylic acids is 1. The average molecular weight is 343 g/mol. The Labute approximate surface area is 144 Å². The van der Waals surface area contributed by atoms with Gasteiger partial charge in [0, 0.05) is 12.1 Å². The van der Waals surface area contributed by atoms with Crippen LogP contribution in [-0.4, -0.2) is 32.2 Å². The van der Waals surface area contributed by atoms with Crippen molar-refractivity contribution in [2.24, 2.45) is 5.73 Å². The number of ether oxygens (including phenoxy) is 2. The van der Waals surface area contributed by atoms with E-state index in [1.165, 1.54) is 12.8 Å². The molecule has 3 N–H and O–H groups in total. The smallest absolute Gasteiger partial charge is 0.251 e. The Morgan fingerprint density at radius 2 is 2.00 bits per heavy atom. The summed E-state index contributed by atoms with van der Waals surface area (Å²) in [5.74, 6) is 1.23. The summed E-state index contributed by atoms with van der Waals surface area (Å²) in [5, 5.41) is 2.89. The van der Waals surface area contributed by atoms with Crippen molar-refractivity contribution < 1.29 is 14.3 Å². The van der Waals surface area contributed by atoms with Gasteiger partial charge in [0.05, 0.1) is 13.2 Å². The van der Waals surface area contributed by atoms with Crippen LogP contribution in [-0.2, 0) is 0 Å². The lowest BCUT2D eigenvalue weighted by Crippen LogP contribution is -2.25. The first-order chi connectivity index (χ1) is 10.7. The molecule has 0 unspecified atom stereocenters. The second-order valence-electron chi connectivity index (χ2n) is 5.64. The van der Waals surface area contributed by atoms with Gasteiger partial charge >= 0.3 is 0 Å². The molecule has 1 fully saturated rings. The second-order valence-corrected chi connectivity index (χ2v) is 5.64. The summed E-state index contributed by atoms with van der Waals surface area (Å²) < 4.78 is 11.3. The van der Waals surface area contributed by atoms with Crippen LogP contribution < -0.4 is 20.5 Å². The SMILES string of the molecule is COc1cc(C(=O)NCCCCN)ccc1OC1CCCC1.Cl. The summed E-state index contributed by atoms with van der Waals surface area (Å²) in [6.07, 6.45) is 6.69. The van der Waals surface area contributed by atoms with E-state index in [4.69, 9.17) is 15.2 Å². The Balaban J connectivity index is 0.00000264. The van der Waals surface area contributed by atoms with Gasteiger partial charge in [-0.3, -0.25) is 4.79 Å². The van der Waals surface area contributed by atoms with Crippen molar-refractivity contribution in [3.8, 4) is 11.5 Å². The minimum atomic E-state index is -0.0947. The number of benzene rings is 1. The quantitative estimate of drug-likeness (QED) is 0.712. The van der Waals surface area contributed by atoms with E-state index < -0.39 is 0 Å². The molecule has 0 aliphatic heterocycles. The van der Waals surface area contributed by atoms with Gasteiger partial charge in [0.15, 0.2) is 11.5 Å². The summed E-state index contributed by atoms with van der Waals surface area (Å²) in [7, 11) is 1.60. The van der Waals surface area contributed by atoms with Gasteiger partial charge in [-0.15, -0.1) is 12.4 Å². The lowest BCUT2D eigenvalue weighted by atomic mass is 10.1. The van der Waals surface area contributed by atoms with Crippen molar-refractivity contribution >= 4 is 18.3 Å². The molecule has 1 aliphatic rings. The molecule has 0 bridgehead atoms. The standard InChI is InChI=1S/C17H26N2O3.ClH/c1-21-16-12-13(17(20)19-11-5-4-10-18)8-9-15(16)22-14-6-2-3-7-14;/h8-9,12,14H,2-7,10-11,18H2,1H3,(H,19,20);1H. The second kappa shape index (κ2) is 10.3. The summed E-state index contributed by atoms with van der Waals surface area (Å²) in [4.78, 5) is 12.1. The molecule has 1 aromatic rings. The molecule has 130 valence electrons. The van der Waals surface area contributed by atoms with Crippen LogP contribution in [0.25, 0.3) is 0 Å². The van der Waals surface area contributed by atoms with E-state index in [1.807, 2.05) is 6.07 Å². The maximum atomic E-state index is 12.1. The molecule has 5 nitrogen and oxygen atoms in total. The molecule has 23 heavy (non-hydrogen) atoms. The molecule has 1 aliphatic carbocycles. The highest BCUT2D eigenvalue weighted by Crippen LogP contribution is 2.32. The lowest BCUT2D eigenvalue weighted by Gasteiger charge is -2.16. The molecule has 1 amide bonds. The molecular weight excluding hydrogens is 316 g/mol. The minimum absolute atomic E-state index is 0. The summed E-state index contributed by atoms with van der Waals surface area (Å²) >= 11 is 0. The van der Waals surface area contributed by atoms with E-state index in [9.17, 15) is 4.79 Å². The molecule has 6 heteroatoms. The molecule has 2 rings (SSSR count). The lowest BCUT2D eigenvalue weighted by molar-refractivity contribution is 0.0952. The van der Waals surface area contributed by atoms with Crippen LogP contribution in [0.15, 0.2) is 18.2 Å². The Morgan fingerprint density at radius 3 is 2.65 bits per heavy atom. The number of nitrogens with one attached hydrogen (secondary N) is 1. The topological polar surface area (TPSA) is 73.6 Å². The molecule has 0 spiro atoms. The number of hydrogen-bond acceptors (Lipinski definition) is 4. The largest absolute Gasteiger partial charge is 0.493 e. The molecule has 0 atom stereocenters. The van der Waals surface area contributed by atoms with Crippen molar-refractivity contribution in [3.63, 3.8) is 0 Å². The molecule has 1 aromatic carbocycles. The molecule has 1 saturated carbocycles. The van der Waals surface area contributed by atoms with Crippen molar-refractivity contribution in [1.29, 1.82) is 0 Å². The van der Waals surface area contributed by atoms with Gasteiger partial charge in [-0.05, 0) is 63.3 Å². The van der Waals surface area contributed by atoms with Crippen LogP contribution in [0.4, 0.5) is 0 Å². The van der Waals surface area contributed by atoms with Crippen LogP contribution in [0.3, 0.4) is 0 Å². The van der Waals surface area contributed by atoms with E-state index in [2.05, 4.69) is 5.32 Å². The predicted octanol–water partition coefficient (Wildman–Crippen LogP) is 2.91. The first kappa shape index (κ1) is 19.6. The normalized spacial score (nSPS) is 14.2. The van der Waals surface area contributed by atoms with Gasteiger partial charge in [-0.25, -0.2) is 0 Å². The van der Waals surface area contributed by atoms with E-state index in [1.54, 1.807) is 19.2 Å². The maximum Gasteiger partial charge on any atom is 0.251 e. The van der Waals surface area contributed by atoms with Gasteiger partial charge in [0.1, 0.15) is 0 Å². The number of halogens is 1. The Morgan fingerprint density at radius 1 is 1.26 bits per heavy atom. The first-order valence-electron chi connectivity index (χ1n) is 8.07. The van der Waals surface area contributed by atoms with Gasteiger partial charge in [-0.1, -0.05) is 0 Å². The minimum Gasteiger partial charge on any atom is -0.493 e. The number of methoxy groups -OCH3 is 1. The van der Waals surface area contributed by atoms with Gasteiger partial charge in [-0.2, -0.15) is 0 Å². The van der Waals surface area contributed by atoms with Gasteiger partial charge in [0.2, 0.25) is 0 Å². The van der Waals surface area contributed by atoms with Crippen molar-refractivity contribution in [2.75, 3.05) is 20.2 Å². The Kier molecular flexibility index (Phi) is 8.81. The molecule has 0 saturated heterocycles. The highest BCUT2D eigenvalue weighted by molar-refractivity contribution is 5.94. The predicted molar refractivity (Wildman–Crippen MR) is 93.7 cm³/mol. The van der Waals surface area contributed by atoms with Crippen molar-refractivity contribution in [3.05, 3.63) is 23.8 Å². The van der Waals surface area contributed by atoms with Gasteiger partial charge in [0.25, 0.3) is 5.91 Å². The fraction of sp³-hybridized carbons (Fsp3) is 0.588. The van der Waals surface area contributed by atoms with E-state index >= 15 is 0 Å². The van der Waals surface area contributed by atoms with Crippen LogP contribution in [0.5, 0.6) is 11.5 Å². The van der Waals surface area contributed by atoms with Crippen molar-refractivity contribution in [2.45, 2.75) is 44.6 Å². The third kappa shape index (κ3) is 5.92. The number of hydrogen-bond donors (Lipinski definition) is 2. The third-order valence-electron chi connectivity index (χ3n) is 3.94. The monoisotopic (exact) mass is 342 g/mol. The molecular formula is C17H27ClN2O3. The van der Waals surface area contributed by atoms with Gasteiger partial charge < -0.3 is 20.5 Å². The zero-order valence-corrected chi connectivity index (χ0v) is 14.5. The van der Waals surface area contributed by atoms with Crippen LogP contribution in [0.2, 0.25) is 0 Å². The average Bonchev–Trinajstić information content (AvgIpc) is 3.04. The molecule has 0 heterocycles. The highest BCUT2D eigenvalue weighted by atomic mass is 35.5. The molecule has 0 radical (unpaired) electrons. The third-order valence-corrected chi connectivity index (χ3v) is 3.94. The zero-order chi connectivity index (χ0) is 15.8. The molecule has 0 aromatic heterocycles. The number of nitrogens with two attached hydrogens (primary N) is 1. The number of rotatable bonds is 8. The van der Waals surface area contributed by atoms with Crippen LogP contribution >= 0.6 is 12.4 Å². The number of amides is 1. The Bertz CT molecular complexity index is 491. The maximum absolute atomic E-state index is 12.1. The van der Waals surface area contributed by atoms with E-state index in [-0.39, 0.29) is 24.4 Å².